The molecular formula is C69H133NO5. The number of unbranched alkanes of at least 4 members (excludes halogenated alkanes) is 51. The third-order valence-corrected chi connectivity index (χ3v) is 16.0. The number of nitrogens with one attached hydrogen (secondary N) is 1. The summed E-state index contributed by atoms with van der Waals surface area (Å²) in [5.74, 6) is -0.0444. The third-order valence-electron chi connectivity index (χ3n) is 16.0. The van der Waals surface area contributed by atoms with Gasteiger partial charge in [-0.15, -0.1) is 0 Å². The first-order valence-corrected chi connectivity index (χ1v) is 34.1. The topological polar surface area (TPSA) is 95.9 Å². The van der Waals surface area contributed by atoms with Crippen molar-refractivity contribution in [3.8, 4) is 0 Å². The van der Waals surface area contributed by atoms with Crippen molar-refractivity contribution in [2.24, 2.45) is 0 Å². The summed E-state index contributed by atoms with van der Waals surface area (Å²) in [5.41, 5.74) is 0. The highest BCUT2D eigenvalue weighted by Gasteiger charge is 2.18. The maximum absolute atomic E-state index is 12.4. The molecule has 2 atom stereocenters. The van der Waals surface area contributed by atoms with E-state index in [0.29, 0.717) is 19.4 Å². The molecule has 0 heterocycles. The summed E-state index contributed by atoms with van der Waals surface area (Å²) in [4.78, 5) is 24.5. The van der Waals surface area contributed by atoms with Crippen LogP contribution in [-0.4, -0.2) is 47.4 Å². The number of rotatable bonds is 64. The Labute approximate surface area is 469 Å². The van der Waals surface area contributed by atoms with Gasteiger partial charge in [-0.05, 0) is 57.8 Å². The molecule has 0 fully saturated rings. The van der Waals surface area contributed by atoms with Crippen LogP contribution in [0.15, 0.2) is 24.3 Å². The molecule has 0 aromatic heterocycles. The van der Waals surface area contributed by atoms with Gasteiger partial charge in [0.15, 0.2) is 0 Å². The van der Waals surface area contributed by atoms with E-state index in [0.717, 1.165) is 38.5 Å². The predicted octanol–water partition coefficient (Wildman–Crippen LogP) is 21.8. The van der Waals surface area contributed by atoms with Gasteiger partial charge in [0.25, 0.3) is 0 Å². The van der Waals surface area contributed by atoms with E-state index >= 15 is 0 Å². The first-order valence-electron chi connectivity index (χ1n) is 34.1. The Balaban J connectivity index is 3.31. The zero-order chi connectivity index (χ0) is 54.3. The number of carbonyl (C=O) groups is 2. The lowest BCUT2D eigenvalue weighted by Gasteiger charge is -2.20. The quantitative estimate of drug-likeness (QED) is 0.0320. The van der Waals surface area contributed by atoms with E-state index in [1.165, 1.54) is 315 Å². The number of esters is 1. The molecule has 0 spiro atoms. The van der Waals surface area contributed by atoms with E-state index in [-0.39, 0.29) is 18.5 Å². The lowest BCUT2D eigenvalue weighted by Crippen LogP contribution is -2.45. The molecule has 0 aliphatic carbocycles. The number of aliphatic hydroxyl groups excluding tert-OH is 2. The predicted molar refractivity (Wildman–Crippen MR) is 329 cm³/mol. The molecule has 0 aliphatic rings. The van der Waals surface area contributed by atoms with E-state index in [9.17, 15) is 19.8 Å². The second kappa shape index (κ2) is 64.9. The van der Waals surface area contributed by atoms with Gasteiger partial charge in [-0.25, -0.2) is 0 Å². The minimum Gasteiger partial charge on any atom is -0.466 e. The van der Waals surface area contributed by atoms with Crippen LogP contribution in [0.3, 0.4) is 0 Å². The highest BCUT2D eigenvalue weighted by Crippen LogP contribution is 2.18. The summed E-state index contributed by atoms with van der Waals surface area (Å²) in [6.07, 6.45) is 81.3. The number of carbonyl (C=O) groups excluding carboxylic acids is 2. The Bertz CT molecular complexity index is 1170. The number of aliphatic hydroxyl groups is 2. The minimum absolute atomic E-state index is 0.0223. The van der Waals surface area contributed by atoms with Gasteiger partial charge in [-0.2, -0.15) is 0 Å². The van der Waals surface area contributed by atoms with Crippen LogP contribution in [0.2, 0.25) is 0 Å². The summed E-state index contributed by atoms with van der Waals surface area (Å²) in [6, 6.07) is -0.623. The molecule has 1 amide bonds. The minimum atomic E-state index is -0.840. The molecule has 75 heavy (non-hydrogen) atoms. The monoisotopic (exact) mass is 1060 g/mol. The summed E-state index contributed by atoms with van der Waals surface area (Å²) >= 11 is 0. The molecular weight excluding hydrogens is 923 g/mol. The zero-order valence-electron chi connectivity index (χ0n) is 50.8. The van der Waals surface area contributed by atoms with Gasteiger partial charge in [-0.3, -0.25) is 9.59 Å². The average molecular weight is 1060 g/mol. The zero-order valence-corrected chi connectivity index (χ0v) is 50.8. The highest BCUT2D eigenvalue weighted by molar-refractivity contribution is 5.76. The Kier molecular flexibility index (Phi) is 63.4. The van der Waals surface area contributed by atoms with Gasteiger partial charge in [-0.1, -0.05) is 334 Å². The largest absolute Gasteiger partial charge is 0.466 e. The molecule has 444 valence electrons. The van der Waals surface area contributed by atoms with Gasteiger partial charge in [0.1, 0.15) is 0 Å². The molecule has 2 unspecified atom stereocenters. The smallest absolute Gasteiger partial charge is 0.305 e. The van der Waals surface area contributed by atoms with Crippen molar-refractivity contribution >= 4 is 11.9 Å². The van der Waals surface area contributed by atoms with E-state index in [2.05, 4.69) is 31.3 Å². The van der Waals surface area contributed by atoms with Gasteiger partial charge < -0.3 is 20.3 Å². The maximum atomic E-state index is 12.4. The van der Waals surface area contributed by atoms with Crippen LogP contribution in [0.25, 0.3) is 0 Å². The lowest BCUT2D eigenvalue weighted by atomic mass is 10.0. The molecule has 0 radical (unpaired) electrons. The van der Waals surface area contributed by atoms with Crippen LogP contribution >= 0.6 is 0 Å². The van der Waals surface area contributed by atoms with Gasteiger partial charge in [0, 0.05) is 12.8 Å². The molecule has 0 saturated heterocycles. The van der Waals surface area contributed by atoms with Crippen LogP contribution in [0.4, 0.5) is 0 Å². The molecule has 0 aliphatic heterocycles. The fraction of sp³-hybridized carbons (Fsp3) is 0.913. The Morgan fingerprint density at radius 1 is 0.360 bits per heavy atom. The van der Waals surface area contributed by atoms with Crippen LogP contribution in [-0.2, 0) is 14.3 Å². The summed E-state index contributed by atoms with van der Waals surface area (Å²) in [5, 5.41) is 23.0. The molecule has 6 nitrogen and oxygen atoms in total. The number of hydrogen-bond acceptors (Lipinski definition) is 5. The fourth-order valence-electron chi connectivity index (χ4n) is 10.7. The van der Waals surface area contributed by atoms with Gasteiger partial charge in [0.05, 0.1) is 25.4 Å². The van der Waals surface area contributed by atoms with Crippen LogP contribution < -0.4 is 5.32 Å². The Morgan fingerprint density at radius 3 is 0.947 bits per heavy atom. The molecule has 0 saturated carbocycles. The number of hydrogen-bond donors (Lipinski definition) is 3. The van der Waals surface area contributed by atoms with Gasteiger partial charge >= 0.3 is 5.97 Å². The molecule has 3 N–H and O–H groups in total. The van der Waals surface area contributed by atoms with Crippen molar-refractivity contribution in [3.63, 3.8) is 0 Å². The highest BCUT2D eigenvalue weighted by atomic mass is 16.5. The summed E-state index contributed by atoms with van der Waals surface area (Å²) in [6.45, 7) is 4.91. The third kappa shape index (κ3) is 61.4. The summed E-state index contributed by atoms with van der Waals surface area (Å²) in [7, 11) is 0. The van der Waals surface area contributed by atoms with E-state index in [4.69, 9.17) is 4.74 Å². The fourth-order valence-corrected chi connectivity index (χ4v) is 10.7. The number of allylic oxidation sites excluding steroid dienone is 3. The van der Waals surface area contributed by atoms with E-state index < -0.39 is 12.1 Å². The molecule has 6 heteroatoms. The molecule has 0 rings (SSSR count). The van der Waals surface area contributed by atoms with Crippen LogP contribution in [0.5, 0.6) is 0 Å². The average Bonchev–Trinajstić information content (AvgIpc) is 3.41. The van der Waals surface area contributed by atoms with Gasteiger partial charge in [0.2, 0.25) is 5.91 Å². The van der Waals surface area contributed by atoms with Crippen molar-refractivity contribution in [3.05, 3.63) is 24.3 Å². The van der Waals surface area contributed by atoms with E-state index in [1.807, 2.05) is 6.08 Å². The standard InChI is InChI=1S/C69H133NO5/c1-3-5-7-9-11-13-14-15-16-33-37-40-43-47-51-55-59-63-69(74)75-64-60-56-52-48-44-41-38-35-32-30-28-26-24-22-20-18-17-19-21-23-25-27-29-31-34-36-39-42-46-50-54-58-62-68(73)70-66(65-71)67(72)61-57-53-49-45-12-10-8-6-4-2/h20,22,57,61,66-67,71-72H,3-19,21,23-56,58-60,62-65H2,1-2H3,(H,70,73)/b22-20-,61-57+. The first-order chi connectivity index (χ1) is 37.0. The molecule has 0 bridgehead atoms. The maximum Gasteiger partial charge on any atom is 0.305 e. The van der Waals surface area contributed by atoms with Crippen molar-refractivity contribution < 1.29 is 24.5 Å². The molecule has 0 aromatic rings. The van der Waals surface area contributed by atoms with Crippen molar-refractivity contribution in [1.29, 1.82) is 0 Å². The Hall–Kier alpha value is -1.66. The summed E-state index contributed by atoms with van der Waals surface area (Å²) < 4.78 is 5.51. The van der Waals surface area contributed by atoms with E-state index in [1.54, 1.807) is 6.08 Å². The SMILES string of the molecule is CCCCCCCCC/C=C/C(O)C(CO)NC(=O)CCCCCCCCCCCCCCCCCC/C=C\CCCCCCCCCCCCCCOC(=O)CCCCCCCCCCCCCCCCCCC. The molecule has 0 aromatic carbocycles. The first kappa shape index (κ1) is 73.3. The number of ether oxygens (including phenoxy) is 1. The Morgan fingerprint density at radius 2 is 0.627 bits per heavy atom. The van der Waals surface area contributed by atoms with Crippen molar-refractivity contribution in [2.45, 2.75) is 392 Å². The normalized spacial score (nSPS) is 12.6. The second-order valence-electron chi connectivity index (χ2n) is 23.5. The van der Waals surface area contributed by atoms with Crippen molar-refractivity contribution in [1.82, 2.24) is 5.32 Å². The second-order valence-corrected chi connectivity index (χ2v) is 23.5. The number of amides is 1. The van der Waals surface area contributed by atoms with Crippen LogP contribution in [0, 0.1) is 0 Å². The van der Waals surface area contributed by atoms with Crippen LogP contribution in [0.1, 0.15) is 380 Å². The lowest BCUT2D eigenvalue weighted by molar-refractivity contribution is -0.143. The van der Waals surface area contributed by atoms with Crippen molar-refractivity contribution in [2.75, 3.05) is 13.2 Å².